The van der Waals surface area contributed by atoms with Crippen molar-refractivity contribution in [2.24, 2.45) is 5.84 Å². The molecule has 0 atom stereocenters. The van der Waals surface area contributed by atoms with Crippen LogP contribution in [0.15, 0.2) is 18.2 Å². The van der Waals surface area contributed by atoms with Crippen LogP contribution in [0.5, 0.6) is 0 Å². The van der Waals surface area contributed by atoms with Crippen LogP contribution in [-0.4, -0.2) is 36.6 Å². The molecule has 0 aliphatic rings. The summed E-state index contributed by atoms with van der Waals surface area (Å²) in [5.41, 5.74) is 3.48. The van der Waals surface area contributed by atoms with Gasteiger partial charge < -0.3 is 10.2 Å². The summed E-state index contributed by atoms with van der Waals surface area (Å²) in [5, 5.41) is 10.9. The van der Waals surface area contributed by atoms with E-state index >= 15 is 0 Å². The predicted octanol–water partition coefficient (Wildman–Crippen LogP) is 1.35. The number of benzene rings is 1. The molecule has 0 unspecified atom stereocenters. The van der Waals surface area contributed by atoms with Crippen LogP contribution in [0.2, 0.25) is 0 Å². The van der Waals surface area contributed by atoms with Gasteiger partial charge in [0.1, 0.15) is 5.69 Å². The number of likely N-dealkylation sites (N-methyl/N-ethyl adjacent to an activating group) is 1. The summed E-state index contributed by atoms with van der Waals surface area (Å²) in [6, 6.07) is 4.97. The number of rotatable bonds is 8. The number of ether oxygens (including phenoxy) is 1. The lowest BCUT2D eigenvalue weighted by atomic mass is 10.1. The quantitative estimate of drug-likeness (QED) is 0.320. The summed E-state index contributed by atoms with van der Waals surface area (Å²) in [5.74, 6) is 5.24. The number of nitrogens with one attached hydrogen (secondary N) is 1. The number of hydrogen-bond acceptors (Lipinski definition) is 6. The zero-order valence-electron chi connectivity index (χ0n) is 11.3. The van der Waals surface area contributed by atoms with E-state index in [1.807, 2.05) is 24.9 Å². The normalized spacial score (nSPS) is 10.7. The third-order valence-corrected chi connectivity index (χ3v) is 2.69. The second-order valence-corrected chi connectivity index (χ2v) is 4.19. The summed E-state index contributed by atoms with van der Waals surface area (Å²) in [7, 11) is 1.94. The van der Waals surface area contributed by atoms with Gasteiger partial charge in [-0.15, -0.1) is 0 Å². The Morgan fingerprint density at radius 3 is 2.84 bits per heavy atom. The molecule has 3 N–H and O–H groups in total. The van der Waals surface area contributed by atoms with Crippen LogP contribution in [0, 0.1) is 10.1 Å². The average Bonchev–Trinajstić information content (AvgIpc) is 2.39. The minimum atomic E-state index is -0.446. The van der Waals surface area contributed by atoms with Crippen molar-refractivity contribution in [1.29, 1.82) is 0 Å². The number of nitrogens with zero attached hydrogens (tertiary/aromatic N) is 2. The lowest BCUT2D eigenvalue weighted by molar-refractivity contribution is -0.384. The fourth-order valence-electron chi connectivity index (χ4n) is 1.70. The van der Waals surface area contributed by atoms with Gasteiger partial charge in [-0.3, -0.25) is 20.9 Å². The van der Waals surface area contributed by atoms with E-state index in [1.54, 1.807) is 6.07 Å². The van der Waals surface area contributed by atoms with Crippen molar-refractivity contribution in [1.82, 2.24) is 4.90 Å². The monoisotopic (exact) mass is 268 g/mol. The average molecular weight is 268 g/mol. The molecule has 1 aromatic rings. The highest BCUT2D eigenvalue weighted by atomic mass is 16.6. The van der Waals surface area contributed by atoms with Gasteiger partial charge in [-0.1, -0.05) is 6.07 Å². The van der Waals surface area contributed by atoms with Crippen molar-refractivity contribution < 1.29 is 9.66 Å². The Morgan fingerprint density at radius 2 is 2.26 bits per heavy atom. The Balaban J connectivity index is 2.68. The molecular formula is C12H20N4O3. The number of nitrogen functional groups attached to an aromatic ring is 1. The van der Waals surface area contributed by atoms with Gasteiger partial charge >= 0.3 is 0 Å². The molecule has 0 aliphatic heterocycles. The van der Waals surface area contributed by atoms with Gasteiger partial charge in [-0.2, -0.15) is 0 Å². The molecule has 0 fully saturated rings. The van der Waals surface area contributed by atoms with Crippen LogP contribution in [0.3, 0.4) is 0 Å². The second-order valence-electron chi connectivity index (χ2n) is 4.19. The molecule has 0 saturated heterocycles. The van der Waals surface area contributed by atoms with Gasteiger partial charge in [0.25, 0.3) is 5.69 Å². The largest absolute Gasteiger partial charge is 0.380 e. The Kier molecular flexibility index (Phi) is 6.20. The van der Waals surface area contributed by atoms with Crippen LogP contribution in [-0.2, 0) is 11.3 Å². The molecule has 0 aliphatic carbocycles. The van der Waals surface area contributed by atoms with Gasteiger partial charge in [0, 0.05) is 25.8 Å². The van der Waals surface area contributed by atoms with Gasteiger partial charge in [0.05, 0.1) is 11.5 Å². The van der Waals surface area contributed by atoms with Crippen molar-refractivity contribution in [3.05, 3.63) is 33.9 Å². The molecule has 1 rings (SSSR count). The predicted molar refractivity (Wildman–Crippen MR) is 73.7 cm³/mol. The molecule has 0 amide bonds. The molecule has 7 heteroatoms. The SMILES string of the molecule is CCOCCN(C)Cc1ccc(NN)c([N+](=O)[O-])c1. The number of nitro benzene ring substituents is 1. The number of nitro groups is 1. The summed E-state index contributed by atoms with van der Waals surface area (Å²) in [4.78, 5) is 12.5. The maximum absolute atomic E-state index is 10.9. The van der Waals surface area contributed by atoms with E-state index in [2.05, 4.69) is 5.43 Å². The fraction of sp³-hybridized carbons (Fsp3) is 0.500. The van der Waals surface area contributed by atoms with Gasteiger partial charge in [-0.05, 0) is 25.6 Å². The Hall–Kier alpha value is -1.70. The van der Waals surface area contributed by atoms with Crippen LogP contribution in [0.1, 0.15) is 12.5 Å². The highest BCUT2D eigenvalue weighted by Crippen LogP contribution is 2.24. The Morgan fingerprint density at radius 1 is 1.53 bits per heavy atom. The third-order valence-electron chi connectivity index (χ3n) is 2.69. The van der Waals surface area contributed by atoms with Crippen molar-refractivity contribution >= 4 is 11.4 Å². The first-order valence-electron chi connectivity index (χ1n) is 6.08. The summed E-state index contributed by atoms with van der Waals surface area (Å²) < 4.78 is 5.26. The number of anilines is 1. The Labute approximate surface area is 112 Å². The molecule has 0 heterocycles. The first-order valence-corrected chi connectivity index (χ1v) is 6.08. The van der Waals surface area contributed by atoms with Gasteiger partial charge in [0.15, 0.2) is 0 Å². The van der Waals surface area contributed by atoms with Crippen LogP contribution >= 0.6 is 0 Å². The van der Waals surface area contributed by atoms with E-state index in [9.17, 15) is 10.1 Å². The molecule has 7 nitrogen and oxygen atoms in total. The van der Waals surface area contributed by atoms with Crippen LogP contribution in [0.4, 0.5) is 11.4 Å². The van der Waals surface area contributed by atoms with Gasteiger partial charge in [0.2, 0.25) is 0 Å². The minimum Gasteiger partial charge on any atom is -0.380 e. The van der Waals surface area contributed by atoms with Crippen molar-refractivity contribution in [3.8, 4) is 0 Å². The molecule has 19 heavy (non-hydrogen) atoms. The highest BCUT2D eigenvalue weighted by molar-refractivity contribution is 5.61. The van der Waals surface area contributed by atoms with Crippen LogP contribution in [0.25, 0.3) is 0 Å². The molecule has 0 radical (unpaired) electrons. The maximum atomic E-state index is 10.9. The molecular weight excluding hydrogens is 248 g/mol. The number of hydrazine groups is 1. The standard InChI is InChI=1S/C12H20N4O3/c1-3-19-7-6-15(2)9-10-4-5-11(14-13)12(8-10)16(17)18/h4-5,8,14H,3,6-7,9,13H2,1-2H3. The molecule has 0 aromatic heterocycles. The van der Waals surface area contributed by atoms with Crippen molar-refractivity contribution in [3.63, 3.8) is 0 Å². The lowest BCUT2D eigenvalue weighted by Crippen LogP contribution is -2.22. The van der Waals surface area contributed by atoms with E-state index in [-0.39, 0.29) is 5.69 Å². The summed E-state index contributed by atoms with van der Waals surface area (Å²) >= 11 is 0. The topological polar surface area (TPSA) is 93.7 Å². The molecule has 0 saturated carbocycles. The first-order chi connectivity index (χ1) is 9.08. The second kappa shape index (κ2) is 7.67. The number of nitrogens with two attached hydrogens (primary N) is 1. The van der Waals surface area contributed by atoms with Crippen molar-refractivity contribution in [2.45, 2.75) is 13.5 Å². The first kappa shape index (κ1) is 15.4. The van der Waals surface area contributed by atoms with Gasteiger partial charge in [-0.25, -0.2) is 0 Å². The molecule has 0 bridgehead atoms. The molecule has 1 aromatic carbocycles. The smallest absolute Gasteiger partial charge is 0.293 e. The fourth-order valence-corrected chi connectivity index (χ4v) is 1.70. The van der Waals surface area contributed by atoms with E-state index in [1.165, 1.54) is 6.07 Å². The summed E-state index contributed by atoms with van der Waals surface area (Å²) in [6.45, 7) is 4.69. The van der Waals surface area contributed by atoms with Crippen LogP contribution < -0.4 is 11.3 Å². The zero-order chi connectivity index (χ0) is 14.3. The lowest BCUT2D eigenvalue weighted by Gasteiger charge is -2.16. The van der Waals surface area contributed by atoms with E-state index in [0.29, 0.717) is 25.4 Å². The van der Waals surface area contributed by atoms with E-state index < -0.39 is 4.92 Å². The van der Waals surface area contributed by atoms with E-state index in [4.69, 9.17) is 10.6 Å². The minimum absolute atomic E-state index is 0.0155. The highest BCUT2D eigenvalue weighted by Gasteiger charge is 2.14. The third kappa shape index (κ3) is 4.82. The van der Waals surface area contributed by atoms with Crippen molar-refractivity contribution in [2.75, 3.05) is 32.2 Å². The maximum Gasteiger partial charge on any atom is 0.293 e. The molecule has 106 valence electrons. The Bertz CT molecular complexity index is 425. The zero-order valence-corrected chi connectivity index (χ0v) is 11.3. The molecule has 0 spiro atoms. The van der Waals surface area contributed by atoms with E-state index in [0.717, 1.165) is 12.1 Å². The summed E-state index contributed by atoms with van der Waals surface area (Å²) in [6.07, 6.45) is 0. The number of hydrogen-bond donors (Lipinski definition) is 2.